The van der Waals surface area contributed by atoms with Gasteiger partial charge in [0.2, 0.25) is 5.95 Å². The molecule has 2 rings (SSSR count). The average Bonchev–Trinajstić information content (AvgIpc) is 2.78. The summed E-state index contributed by atoms with van der Waals surface area (Å²) in [7, 11) is 0. The minimum absolute atomic E-state index is 0.0457. The molecule has 4 N–H and O–H groups in total. The number of hydrogen-bond acceptors (Lipinski definition) is 7. The van der Waals surface area contributed by atoms with Gasteiger partial charge in [0, 0.05) is 23.3 Å². The van der Waals surface area contributed by atoms with Crippen LogP contribution in [0, 0.1) is 0 Å². The number of benzene rings is 1. The van der Waals surface area contributed by atoms with Crippen molar-refractivity contribution in [2.75, 3.05) is 23.8 Å². The second kappa shape index (κ2) is 14.0. The van der Waals surface area contributed by atoms with Gasteiger partial charge in [-0.2, -0.15) is 4.98 Å². The van der Waals surface area contributed by atoms with E-state index < -0.39 is 0 Å². The molecule has 0 amide bonds. The number of anilines is 3. The van der Waals surface area contributed by atoms with Crippen molar-refractivity contribution in [3.8, 4) is 0 Å². The van der Waals surface area contributed by atoms with Crippen LogP contribution in [0.1, 0.15) is 26.7 Å². The van der Waals surface area contributed by atoms with Gasteiger partial charge in [-0.1, -0.05) is 37.8 Å². The second-order valence-corrected chi connectivity index (χ2v) is 8.51. The van der Waals surface area contributed by atoms with Gasteiger partial charge >= 0.3 is 0 Å². The van der Waals surface area contributed by atoms with Gasteiger partial charge in [-0.05, 0) is 77.5 Å². The number of halogens is 1. The van der Waals surface area contributed by atoms with E-state index in [4.69, 9.17) is 0 Å². The largest absolute Gasteiger partial charge is 0.394 e. The van der Waals surface area contributed by atoms with Crippen LogP contribution in [0.3, 0.4) is 0 Å². The van der Waals surface area contributed by atoms with Crippen molar-refractivity contribution in [1.29, 1.82) is 0 Å². The Balaban J connectivity index is 1.89. The molecule has 1 aromatic carbocycles. The Hall–Kier alpha value is -2.13. The van der Waals surface area contributed by atoms with Crippen molar-refractivity contribution in [2.45, 2.75) is 37.6 Å². The molecule has 0 aliphatic carbocycles. The van der Waals surface area contributed by atoms with Gasteiger partial charge in [0.25, 0.3) is 0 Å². The summed E-state index contributed by atoms with van der Waals surface area (Å²) in [6.07, 6.45) is 11.4. The molecule has 0 aliphatic rings. The number of rotatable bonds is 13. The van der Waals surface area contributed by atoms with Crippen LogP contribution < -0.4 is 15.4 Å². The van der Waals surface area contributed by atoms with Gasteiger partial charge in [-0.25, -0.2) is 4.98 Å². The summed E-state index contributed by atoms with van der Waals surface area (Å²) in [5.74, 6) is 1.14. The third-order valence-corrected chi connectivity index (χ3v) is 5.76. The fourth-order valence-electron chi connectivity index (χ4n) is 2.65. The number of nitrogens with zero attached hydrogens (tertiary/aromatic N) is 2. The maximum Gasteiger partial charge on any atom is 0.229 e. The fourth-order valence-corrected chi connectivity index (χ4v) is 3.60. The first-order valence-corrected chi connectivity index (χ1v) is 11.8. The molecule has 8 heteroatoms. The van der Waals surface area contributed by atoms with E-state index in [1.807, 2.05) is 56.3 Å². The Morgan fingerprint density at radius 1 is 1.32 bits per heavy atom. The molecule has 0 saturated heterocycles. The van der Waals surface area contributed by atoms with Crippen molar-refractivity contribution in [2.24, 2.45) is 0 Å². The molecule has 0 aliphatic heterocycles. The highest BCUT2D eigenvalue weighted by Crippen LogP contribution is 2.24. The monoisotopic (exact) mass is 503 g/mol. The molecule has 1 aromatic heterocycles. The number of aliphatic hydroxyl groups excluding tert-OH is 1. The number of aliphatic hydroxyl groups is 1. The van der Waals surface area contributed by atoms with Crippen molar-refractivity contribution >= 4 is 45.3 Å². The topological polar surface area (TPSA) is 82.1 Å². The van der Waals surface area contributed by atoms with E-state index in [2.05, 4.69) is 53.9 Å². The lowest BCUT2D eigenvalue weighted by molar-refractivity contribution is 0.271. The number of hydrogen-bond donors (Lipinski definition) is 4. The summed E-state index contributed by atoms with van der Waals surface area (Å²) >= 11 is 5.05. The Bertz CT molecular complexity index is 882. The quantitative estimate of drug-likeness (QED) is 0.155. The van der Waals surface area contributed by atoms with Gasteiger partial charge < -0.3 is 15.7 Å². The third-order valence-electron chi connectivity index (χ3n) is 4.33. The zero-order chi connectivity index (χ0) is 22.5. The highest BCUT2D eigenvalue weighted by Gasteiger charge is 2.10. The van der Waals surface area contributed by atoms with Crippen LogP contribution in [0.15, 0.2) is 76.3 Å². The van der Waals surface area contributed by atoms with Gasteiger partial charge in [-0.15, -0.1) is 0 Å². The summed E-state index contributed by atoms with van der Waals surface area (Å²) < 4.78 is 4.14. The predicted octanol–water partition coefficient (Wildman–Crippen LogP) is 5.84. The lowest BCUT2D eigenvalue weighted by atomic mass is 10.1. The van der Waals surface area contributed by atoms with Crippen molar-refractivity contribution in [1.82, 2.24) is 14.7 Å². The Kier molecular flexibility index (Phi) is 11.4. The molecule has 0 bridgehead atoms. The molecular weight excluding hydrogens is 474 g/mol. The van der Waals surface area contributed by atoms with Crippen LogP contribution in [0.2, 0.25) is 0 Å². The summed E-state index contributed by atoms with van der Waals surface area (Å²) in [4.78, 5) is 9.95. The Morgan fingerprint density at radius 2 is 2.10 bits per heavy atom. The lowest BCUT2D eigenvalue weighted by Gasteiger charge is -2.16. The first-order chi connectivity index (χ1) is 15.1. The molecule has 1 atom stereocenters. The fraction of sp³-hybridized carbons (Fsp3) is 0.304. The first-order valence-electron chi connectivity index (χ1n) is 10.2. The molecule has 6 nitrogen and oxygen atoms in total. The minimum atomic E-state index is -0.0517. The van der Waals surface area contributed by atoms with Crippen LogP contribution in [-0.2, 0) is 0 Å². The van der Waals surface area contributed by atoms with Crippen LogP contribution in [-0.4, -0.2) is 34.3 Å². The second-order valence-electron chi connectivity index (χ2n) is 6.70. The SMILES string of the molecule is C=C/C=C(\C=C/C)CCNSc1ccc(Nc2ncc(Br)c(NC(CC)CO)n2)cc1. The molecule has 1 unspecified atom stereocenters. The van der Waals surface area contributed by atoms with Crippen LogP contribution in [0.5, 0.6) is 0 Å². The van der Waals surface area contributed by atoms with Gasteiger partial charge in [0.1, 0.15) is 5.82 Å². The normalized spacial score (nSPS) is 12.7. The molecule has 1 heterocycles. The number of allylic oxidation sites excluding steroid dienone is 4. The maximum atomic E-state index is 9.41. The number of aromatic nitrogens is 2. The summed E-state index contributed by atoms with van der Waals surface area (Å²) in [5.41, 5.74) is 2.15. The van der Waals surface area contributed by atoms with E-state index in [1.165, 1.54) is 5.57 Å². The third kappa shape index (κ3) is 8.86. The van der Waals surface area contributed by atoms with Crippen LogP contribution in [0.25, 0.3) is 0 Å². The molecule has 0 radical (unpaired) electrons. The van der Waals surface area contributed by atoms with E-state index in [0.717, 1.165) is 34.4 Å². The van der Waals surface area contributed by atoms with E-state index in [1.54, 1.807) is 18.1 Å². The van der Waals surface area contributed by atoms with E-state index >= 15 is 0 Å². The van der Waals surface area contributed by atoms with Gasteiger partial charge in [-0.3, -0.25) is 4.72 Å². The first kappa shape index (κ1) is 25.1. The highest BCUT2D eigenvalue weighted by molar-refractivity contribution is 9.10. The average molecular weight is 504 g/mol. The highest BCUT2D eigenvalue weighted by atomic mass is 79.9. The van der Waals surface area contributed by atoms with Crippen molar-refractivity contribution < 1.29 is 5.11 Å². The summed E-state index contributed by atoms with van der Waals surface area (Å²) in [6, 6.07) is 8.03. The molecule has 0 fully saturated rings. The molecule has 0 saturated carbocycles. The van der Waals surface area contributed by atoms with Crippen molar-refractivity contribution in [3.05, 3.63) is 71.4 Å². The Labute approximate surface area is 197 Å². The van der Waals surface area contributed by atoms with E-state index in [0.29, 0.717) is 11.8 Å². The molecule has 2 aromatic rings. The van der Waals surface area contributed by atoms with Crippen LogP contribution in [0.4, 0.5) is 17.5 Å². The maximum absolute atomic E-state index is 9.41. The molecule has 31 heavy (non-hydrogen) atoms. The molecule has 166 valence electrons. The molecular formula is C23H30BrN5OS. The smallest absolute Gasteiger partial charge is 0.229 e. The molecule has 0 spiro atoms. The van der Waals surface area contributed by atoms with Crippen molar-refractivity contribution in [3.63, 3.8) is 0 Å². The minimum Gasteiger partial charge on any atom is -0.394 e. The standard InChI is InChI=1S/C23H30BrN5OS/c1-4-7-17(8-5-2)13-14-26-31-20-11-9-19(10-12-20)28-23-25-15-21(24)22(29-23)27-18(6-3)16-30/h4-5,7-12,15,18,26,30H,1,6,13-14,16H2,2-3H3,(H2,25,27,28,29)/b8-5-,17-7+. The summed E-state index contributed by atoms with van der Waals surface area (Å²) in [5, 5.41) is 15.8. The van der Waals surface area contributed by atoms with Gasteiger partial charge in [0.05, 0.1) is 17.1 Å². The lowest BCUT2D eigenvalue weighted by Crippen LogP contribution is -2.23. The zero-order valence-electron chi connectivity index (χ0n) is 17.9. The summed E-state index contributed by atoms with van der Waals surface area (Å²) in [6.45, 7) is 8.70. The van der Waals surface area contributed by atoms with E-state index in [-0.39, 0.29) is 12.6 Å². The zero-order valence-corrected chi connectivity index (χ0v) is 20.3. The van der Waals surface area contributed by atoms with E-state index in [9.17, 15) is 5.11 Å². The van der Waals surface area contributed by atoms with Crippen LogP contribution >= 0.6 is 27.9 Å². The predicted molar refractivity (Wildman–Crippen MR) is 136 cm³/mol. The Morgan fingerprint density at radius 3 is 2.74 bits per heavy atom. The number of nitrogens with one attached hydrogen (secondary N) is 3. The van der Waals surface area contributed by atoms with Gasteiger partial charge in [0.15, 0.2) is 0 Å².